The first-order chi connectivity index (χ1) is 34.7. The topological polar surface area (TPSA) is 166 Å². The van der Waals surface area contributed by atoms with Gasteiger partial charge in [0.1, 0.15) is 30.3 Å². The maximum absolute atomic E-state index is 15.3. The minimum Gasteiger partial charge on any atom is -0.488 e. The monoisotopic (exact) mass is 1060 g/mol. The zero-order chi connectivity index (χ0) is 49.8. The van der Waals surface area contributed by atoms with Crippen molar-refractivity contribution in [3.8, 4) is 16.9 Å². The van der Waals surface area contributed by atoms with Gasteiger partial charge in [0.05, 0.1) is 45.8 Å². The molecule has 6 aromatic rings. The Morgan fingerprint density at radius 2 is 1.61 bits per heavy atom. The second-order valence-electron chi connectivity index (χ2n) is 20.3. The van der Waals surface area contributed by atoms with Crippen LogP contribution in [0.2, 0.25) is 0 Å². The quantitative estimate of drug-likeness (QED) is 0.0710. The average molecular weight is 1060 g/mol. The van der Waals surface area contributed by atoms with Crippen LogP contribution in [0, 0.1) is 17.6 Å². The van der Waals surface area contributed by atoms with Crippen LogP contribution < -0.4 is 35.8 Å². The molecule has 0 radical (unpaired) electrons. The summed E-state index contributed by atoms with van der Waals surface area (Å²) in [6.07, 6.45) is 11.7. The van der Waals surface area contributed by atoms with E-state index in [2.05, 4.69) is 73.8 Å². The number of nitrogens with zero attached hydrogens (tertiary/aromatic N) is 9. The molecule has 0 spiro atoms. The smallest absolute Gasteiger partial charge is 0.234 e. The largest absolute Gasteiger partial charge is 0.488 e. The number of fused-ring (bicyclic) bond motifs is 1. The van der Waals surface area contributed by atoms with Crippen LogP contribution in [-0.4, -0.2) is 131 Å². The molecule has 7 heterocycles. The van der Waals surface area contributed by atoms with Crippen LogP contribution in [0.15, 0.2) is 77.8 Å². The van der Waals surface area contributed by atoms with Gasteiger partial charge in [-0.1, -0.05) is 18.2 Å². The zero-order valence-corrected chi connectivity index (χ0v) is 43.1. The van der Waals surface area contributed by atoms with Gasteiger partial charge in [0.25, 0.3) is 0 Å². The summed E-state index contributed by atoms with van der Waals surface area (Å²) in [6, 6.07) is 15.0. The van der Waals surface area contributed by atoms with Crippen LogP contribution >= 0.6 is 23.1 Å². The first kappa shape index (κ1) is 48.3. The van der Waals surface area contributed by atoms with Gasteiger partial charge in [0, 0.05) is 136 Å². The highest BCUT2D eigenvalue weighted by Crippen LogP contribution is 2.45. The summed E-state index contributed by atoms with van der Waals surface area (Å²) >= 11 is 3.64. The van der Waals surface area contributed by atoms with Gasteiger partial charge in [-0.05, 0) is 91.5 Å². The number of piperazine rings is 1. The number of amides is 2. The molecule has 4 aliphatic heterocycles. The highest BCUT2D eigenvalue weighted by molar-refractivity contribution is 9.10. The predicted octanol–water partition coefficient (Wildman–Crippen LogP) is 7.99. The fourth-order valence-electron chi connectivity index (χ4n) is 10.7. The summed E-state index contributed by atoms with van der Waals surface area (Å²) in [7, 11) is -0.830. The maximum atomic E-state index is 15.3. The van der Waals surface area contributed by atoms with Gasteiger partial charge in [0.15, 0.2) is 0 Å². The Hall–Kier alpha value is -6.01. The van der Waals surface area contributed by atoms with Gasteiger partial charge < -0.3 is 34.6 Å². The molecule has 376 valence electrons. The maximum Gasteiger partial charge on any atom is 0.234 e. The van der Waals surface area contributed by atoms with Gasteiger partial charge in [-0.3, -0.25) is 29.5 Å². The molecular weight excluding hydrogens is 1010 g/mol. The minimum absolute atomic E-state index is 0.0604. The number of imide groups is 1. The number of hydrogen-bond acceptors (Lipinski definition) is 14. The van der Waals surface area contributed by atoms with Gasteiger partial charge in [-0.25, -0.2) is 13.8 Å². The Balaban J connectivity index is 0.736. The predicted molar refractivity (Wildman–Crippen MR) is 280 cm³/mol. The molecule has 3 N–H and O–H groups in total. The van der Waals surface area contributed by atoms with E-state index in [0.717, 1.165) is 111 Å². The standard InChI is InChI=1S/C52H58BrF2N12O4P/c1-63-28-32(24-58-63)38-22-43(60-52-57-25-39(53)50(62-52)59-44-26-56-42-7-5-4-6-36(42)49(44)72(2,3)70)46(71-35-8-9-35)23-45(38)66-14-12-31(13-15-66)27-64-16-18-65(19-17-64)34-29-67(30-34)33-20-40(54)48(41(55)21-33)37-10-11-47(68)61-51(37)69/h4-7,20-26,28,31,34-35,37H,8-19,27,29-30H2,1-3H3,(H,61,68,69)(H2,57,59,60,62)/t37-/m1/s1. The van der Waals surface area contributed by atoms with Crippen molar-refractivity contribution in [1.82, 2.24) is 39.8 Å². The number of aromatic nitrogens is 5. The molecule has 2 amide bonds. The van der Waals surface area contributed by atoms with E-state index in [1.54, 1.807) is 25.7 Å². The van der Waals surface area contributed by atoms with Crippen molar-refractivity contribution in [3.63, 3.8) is 0 Å². The van der Waals surface area contributed by atoms with E-state index in [1.165, 1.54) is 12.1 Å². The zero-order valence-electron chi connectivity index (χ0n) is 40.6. The van der Waals surface area contributed by atoms with Gasteiger partial charge in [-0.2, -0.15) is 10.1 Å². The van der Waals surface area contributed by atoms with Crippen LogP contribution in [0.4, 0.5) is 43.3 Å². The van der Waals surface area contributed by atoms with Crippen LogP contribution in [0.25, 0.3) is 22.0 Å². The third kappa shape index (κ3) is 10.2. The summed E-state index contributed by atoms with van der Waals surface area (Å²) in [5.74, 6) is -1.42. The van der Waals surface area contributed by atoms with Gasteiger partial charge in [0.2, 0.25) is 17.8 Å². The van der Waals surface area contributed by atoms with Crippen LogP contribution in [0.3, 0.4) is 0 Å². The minimum atomic E-state index is -2.75. The Kier molecular flexibility index (Phi) is 13.3. The number of nitrogens with one attached hydrogen (secondary N) is 3. The summed E-state index contributed by atoms with van der Waals surface area (Å²) in [4.78, 5) is 47.7. The van der Waals surface area contributed by atoms with E-state index >= 15 is 8.78 Å². The van der Waals surface area contributed by atoms with Crippen molar-refractivity contribution in [2.75, 3.05) is 92.7 Å². The number of hydrogen-bond donors (Lipinski definition) is 3. The van der Waals surface area contributed by atoms with Crippen molar-refractivity contribution in [1.29, 1.82) is 0 Å². The number of rotatable bonds is 14. The van der Waals surface area contributed by atoms with E-state index in [1.807, 2.05) is 53.3 Å². The van der Waals surface area contributed by atoms with Gasteiger partial charge in [-0.15, -0.1) is 0 Å². The summed E-state index contributed by atoms with van der Waals surface area (Å²) in [6.45, 7) is 11.6. The second kappa shape index (κ2) is 19.8. The van der Waals surface area contributed by atoms with E-state index in [4.69, 9.17) is 9.72 Å². The number of pyridine rings is 1. The summed E-state index contributed by atoms with van der Waals surface area (Å²) in [5, 5.41) is 15.2. The number of halogens is 3. The molecule has 1 atom stereocenters. The first-order valence-corrected chi connectivity index (χ1v) is 28.2. The van der Waals surface area contributed by atoms with Crippen molar-refractivity contribution >= 4 is 85.6 Å². The highest BCUT2D eigenvalue weighted by atomic mass is 79.9. The lowest BCUT2D eigenvalue weighted by atomic mass is 9.89. The molecule has 3 aromatic carbocycles. The Bertz CT molecular complexity index is 3090. The number of anilines is 6. The van der Waals surface area contributed by atoms with Crippen molar-refractivity contribution in [3.05, 3.63) is 95.0 Å². The van der Waals surface area contributed by atoms with E-state index in [9.17, 15) is 14.2 Å². The normalized spacial score (nSPS) is 19.7. The highest BCUT2D eigenvalue weighted by Gasteiger charge is 2.37. The van der Waals surface area contributed by atoms with E-state index < -0.39 is 36.5 Å². The molecular formula is C52H58BrF2N12O4P. The molecule has 20 heteroatoms. The molecule has 16 nitrogen and oxygen atoms in total. The number of para-hydroxylation sites is 1. The Labute approximate surface area is 425 Å². The molecule has 4 saturated heterocycles. The molecule has 5 fully saturated rings. The second-order valence-corrected chi connectivity index (χ2v) is 24.3. The molecule has 0 bridgehead atoms. The van der Waals surface area contributed by atoms with Crippen molar-refractivity contribution < 1.29 is 27.7 Å². The van der Waals surface area contributed by atoms with Crippen molar-refractivity contribution in [2.24, 2.45) is 13.0 Å². The molecule has 1 aliphatic carbocycles. The molecule has 11 rings (SSSR count). The summed E-state index contributed by atoms with van der Waals surface area (Å²) < 4.78 is 53.3. The number of carbonyl (C=O) groups is 2. The van der Waals surface area contributed by atoms with Gasteiger partial charge >= 0.3 is 0 Å². The number of aryl methyl sites for hydroxylation is 1. The third-order valence-corrected chi connectivity index (χ3v) is 16.9. The van der Waals surface area contributed by atoms with E-state index in [-0.39, 0.29) is 24.5 Å². The number of piperidine rings is 2. The Morgan fingerprint density at radius 3 is 2.31 bits per heavy atom. The number of carbonyl (C=O) groups excluding carboxylic acids is 2. The van der Waals surface area contributed by atoms with Crippen LogP contribution in [0.1, 0.15) is 50.0 Å². The number of benzene rings is 3. The van der Waals surface area contributed by atoms with Crippen molar-refractivity contribution in [2.45, 2.75) is 56.6 Å². The lowest BCUT2D eigenvalue weighted by Crippen LogP contribution is -2.63. The fraction of sp³-hybridized carbons (Fsp3) is 0.423. The molecule has 1 saturated carbocycles. The SMILES string of the molecule is Cn1cc(-c2cc(Nc3ncc(Br)c(Nc4cnc5ccccc5c4P(C)(C)=O)n3)c(OC3CC3)cc2N2CCC(CN3CCN(C4CN(c5cc(F)c([C@H]6CCC(=O)NC6=O)c(F)c5)C4)CC3)CC2)cn1. The molecule has 72 heavy (non-hydrogen) atoms. The fourth-order valence-corrected chi connectivity index (χ4v) is 12.5. The molecule has 5 aliphatic rings. The lowest BCUT2D eigenvalue weighted by molar-refractivity contribution is -0.134. The first-order valence-electron chi connectivity index (χ1n) is 24.8. The molecule has 0 unspecified atom stereocenters. The van der Waals surface area contributed by atoms with Crippen LogP contribution in [-0.2, 0) is 21.2 Å². The third-order valence-electron chi connectivity index (χ3n) is 14.7. The lowest BCUT2D eigenvalue weighted by Gasteiger charge is -2.49. The number of ether oxygens (including phenoxy) is 1. The van der Waals surface area contributed by atoms with E-state index in [0.29, 0.717) is 58.0 Å². The Morgan fingerprint density at radius 1 is 0.861 bits per heavy atom. The summed E-state index contributed by atoms with van der Waals surface area (Å²) in [5.41, 5.74) is 5.47. The average Bonchev–Trinajstić information content (AvgIpc) is 4.05. The van der Waals surface area contributed by atoms with Crippen LogP contribution in [0.5, 0.6) is 5.75 Å². The molecule has 3 aromatic heterocycles.